The summed E-state index contributed by atoms with van der Waals surface area (Å²) in [5, 5.41) is 9.08. The summed E-state index contributed by atoms with van der Waals surface area (Å²) in [6, 6.07) is 0. The maximum Gasteiger partial charge on any atom is 0.0922 e. The van der Waals surface area contributed by atoms with E-state index >= 15 is 0 Å². The van der Waals surface area contributed by atoms with Crippen molar-refractivity contribution in [1.82, 2.24) is 14.9 Å². The van der Waals surface area contributed by atoms with Crippen LogP contribution in [0.4, 0.5) is 0 Å². The standard InChI is InChI=1S/C9H17N3O/c1-8(13)3-4-12(2)6-9-5-10-7-11-9/h5,7-8,13H,3-4,6H2,1-2H3,(H,10,11). The lowest BCUT2D eigenvalue weighted by atomic mass is 10.3. The van der Waals surface area contributed by atoms with E-state index in [0.29, 0.717) is 0 Å². The zero-order chi connectivity index (χ0) is 9.68. The first-order valence-electron chi connectivity index (χ1n) is 4.52. The van der Waals surface area contributed by atoms with Crippen LogP contribution in [0.5, 0.6) is 0 Å². The van der Waals surface area contributed by atoms with Crippen LogP contribution in [0.3, 0.4) is 0 Å². The third-order valence-corrected chi connectivity index (χ3v) is 1.92. The van der Waals surface area contributed by atoms with E-state index in [2.05, 4.69) is 14.9 Å². The Morgan fingerprint density at radius 3 is 3.00 bits per heavy atom. The van der Waals surface area contributed by atoms with Crippen molar-refractivity contribution in [3.8, 4) is 0 Å². The largest absolute Gasteiger partial charge is 0.393 e. The number of nitrogens with zero attached hydrogens (tertiary/aromatic N) is 2. The minimum atomic E-state index is -0.218. The molecule has 0 amide bonds. The van der Waals surface area contributed by atoms with Gasteiger partial charge in [0.05, 0.1) is 12.4 Å². The van der Waals surface area contributed by atoms with E-state index < -0.39 is 0 Å². The Morgan fingerprint density at radius 2 is 2.46 bits per heavy atom. The number of hydrogen-bond acceptors (Lipinski definition) is 3. The van der Waals surface area contributed by atoms with E-state index in [1.807, 2.05) is 20.2 Å². The molecule has 13 heavy (non-hydrogen) atoms. The lowest BCUT2D eigenvalue weighted by molar-refractivity contribution is 0.162. The molecule has 1 atom stereocenters. The van der Waals surface area contributed by atoms with Gasteiger partial charge >= 0.3 is 0 Å². The Hall–Kier alpha value is -0.870. The highest BCUT2D eigenvalue weighted by atomic mass is 16.3. The molecule has 0 aliphatic heterocycles. The summed E-state index contributed by atoms with van der Waals surface area (Å²) in [6.07, 6.45) is 4.09. The van der Waals surface area contributed by atoms with E-state index in [9.17, 15) is 0 Å². The maximum atomic E-state index is 9.08. The molecule has 4 nitrogen and oxygen atoms in total. The lowest BCUT2D eigenvalue weighted by Gasteiger charge is -2.16. The number of aromatic nitrogens is 2. The predicted molar refractivity (Wildman–Crippen MR) is 51.2 cm³/mol. The molecule has 0 spiro atoms. The molecule has 0 aromatic carbocycles. The SMILES string of the molecule is CC(O)CCN(C)Cc1cnc[nH]1. The maximum absolute atomic E-state index is 9.08. The first-order chi connectivity index (χ1) is 6.18. The molecular formula is C9H17N3O. The molecule has 1 rings (SSSR count). The van der Waals surface area contributed by atoms with Gasteiger partial charge in [-0.3, -0.25) is 0 Å². The van der Waals surface area contributed by atoms with Gasteiger partial charge in [0.25, 0.3) is 0 Å². The average molecular weight is 183 g/mol. The van der Waals surface area contributed by atoms with Crippen molar-refractivity contribution in [2.24, 2.45) is 0 Å². The lowest BCUT2D eigenvalue weighted by Crippen LogP contribution is -2.22. The zero-order valence-corrected chi connectivity index (χ0v) is 8.20. The van der Waals surface area contributed by atoms with E-state index in [0.717, 1.165) is 25.2 Å². The number of aromatic amines is 1. The second-order valence-electron chi connectivity index (χ2n) is 3.45. The number of imidazole rings is 1. The van der Waals surface area contributed by atoms with Gasteiger partial charge in [0.15, 0.2) is 0 Å². The summed E-state index contributed by atoms with van der Waals surface area (Å²) in [5.41, 5.74) is 1.10. The predicted octanol–water partition coefficient (Wildman–Crippen LogP) is 0.612. The Kier molecular flexibility index (Phi) is 3.92. The number of aliphatic hydroxyl groups is 1. The van der Waals surface area contributed by atoms with Gasteiger partial charge in [0.1, 0.15) is 0 Å². The molecule has 0 aliphatic carbocycles. The third kappa shape index (κ3) is 4.05. The summed E-state index contributed by atoms with van der Waals surface area (Å²) in [7, 11) is 2.03. The van der Waals surface area contributed by atoms with E-state index in [4.69, 9.17) is 5.11 Å². The molecule has 1 aromatic heterocycles. The van der Waals surface area contributed by atoms with Crippen LogP contribution < -0.4 is 0 Å². The van der Waals surface area contributed by atoms with Crippen molar-refractivity contribution in [1.29, 1.82) is 0 Å². The van der Waals surface area contributed by atoms with Gasteiger partial charge in [0, 0.05) is 25.0 Å². The Morgan fingerprint density at radius 1 is 1.69 bits per heavy atom. The number of aliphatic hydroxyl groups excluding tert-OH is 1. The summed E-state index contributed by atoms with van der Waals surface area (Å²) < 4.78 is 0. The Labute approximate surface area is 78.6 Å². The molecule has 0 aliphatic rings. The van der Waals surface area contributed by atoms with Gasteiger partial charge in [-0.15, -0.1) is 0 Å². The van der Waals surface area contributed by atoms with Crippen molar-refractivity contribution < 1.29 is 5.11 Å². The second-order valence-corrected chi connectivity index (χ2v) is 3.45. The van der Waals surface area contributed by atoms with Crippen LogP contribution in [-0.4, -0.2) is 39.7 Å². The smallest absolute Gasteiger partial charge is 0.0922 e. The molecule has 0 bridgehead atoms. The van der Waals surface area contributed by atoms with Crippen molar-refractivity contribution in [3.63, 3.8) is 0 Å². The van der Waals surface area contributed by atoms with Gasteiger partial charge in [0.2, 0.25) is 0 Å². The minimum absolute atomic E-state index is 0.218. The van der Waals surface area contributed by atoms with Gasteiger partial charge in [-0.25, -0.2) is 4.98 Å². The summed E-state index contributed by atoms with van der Waals surface area (Å²) >= 11 is 0. The normalized spacial score (nSPS) is 13.5. The van der Waals surface area contributed by atoms with Crippen LogP contribution >= 0.6 is 0 Å². The molecule has 2 N–H and O–H groups in total. The van der Waals surface area contributed by atoms with Crippen molar-refractivity contribution in [3.05, 3.63) is 18.2 Å². The molecule has 0 fully saturated rings. The fourth-order valence-electron chi connectivity index (χ4n) is 1.15. The van der Waals surface area contributed by atoms with Gasteiger partial charge in [-0.05, 0) is 20.4 Å². The van der Waals surface area contributed by atoms with Gasteiger partial charge in [-0.1, -0.05) is 0 Å². The Bertz CT molecular complexity index is 221. The number of nitrogens with one attached hydrogen (secondary N) is 1. The second kappa shape index (κ2) is 4.99. The van der Waals surface area contributed by atoms with Crippen LogP contribution in [0.2, 0.25) is 0 Å². The number of rotatable bonds is 5. The van der Waals surface area contributed by atoms with Crippen LogP contribution in [0.25, 0.3) is 0 Å². The van der Waals surface area contributed by atoms with Crippen molar-refractivity contribution >= 4 is 0 Å². The summed E-state index contributed by atoms with van der Waals surface area (Å²) in [4.78, 5) is 9.13. The number of hydrogen-bond donors (Lipinski definition) is 2. The molecule has 0 radical (unpaired) electrons. The monoisotopic (exact) mass is 183 g/mol. The molecule has 4 heteroatoms. The fraction of sp³-hybridized carbons (Fsp3) is 0.667. The fourth-order valence-corrected chi connectivity index (χ4v) is 1.15. The summed E-state index contributed by atoms with van der Waals surface area (Å²) in [6.45, 7) is 3.56. The molecule has 74 valence electrons. The van der Waals surface area contributed by atoms with Crippen LogP contribution in [-0.2, 0) is 6.54 Å². The highest BCUT2D eigenvalue weighted by molar-refractivity contribution is 4.93. The van der Waals surface area contributed by atoms with Crippen molar-refractivity contribution in [2.75, 3.05) is 13.6 Å². The third-order valence-electron chi connectivity index (χ3n) is 1.92. The van der Waals surface area contributed by atoms with Crippen LogP contribution in [0.15, 0.2) is 12.5 Å². The van der Waals surface area contributed by atoms with E-state index in [-0.39, 0.29) is 6.10 Å². The Balaban J connectivity index is 2.22. The number of H-pyrrole nitrogens is 1. The molecule has 0 saturated carbocycles. The molecule has 0 saturated heterocycles. The van der Waals surface area contributed by atoms with Gasteiger partial charge in [-0.2, -0.15) is 0 Å². The minimum Gasteiger partial charge on any atom is -0.393 e. The molecular weight excluding hydrogens is 166 g/mol. The van der Waals surface area contributed by atoms with Crippen LogP contribution in [0.1, 0.15) is 19.0 Å². The molecule has 1 heterocycles. The highest BCUT2D eigenvalue weighted by Gasteiger charge is 2.02. The molecule has 1 unspecified atom stereocenters. The molecule has 1 aromatic rings. The van der Waals surface area contributed by atoms with E-state index in [1.165, 1.54) is 0 Å². The topological polar surface area (TPSA) is 52.1 Å². The van der Waals surface area contributed by atoms with Crippen molar-refractivity contribution in [2.45, 2.75) is 26.0 Å². The van der Waals surface area contributed by atoms with E-state index in [1.54, 1.807) is 6.33 Å². The highest BCUT2D eigenvalue weighted by Crippen LogP contribution is 1.99. The average Bonchev–Trinajstić information content (AvgIpc) is 2.53. The van der Waals surface area contributed by atoms with Crippen LogP contribution in [0, 0.1) is 0 Å². The zero-order valence-electron chi connectivity index (χ0n) is 8.20. The quantitative estimate of drug-likeness (QED) is 0.703. The summed E-state index contributed by atoms with van der Waals surface area (Å²) in [5.74, 6) is 0. The first kappa shape index (κ1) is 10.2. The first-order valence-corrected chi connectivity index (χ1v) is 4.52. The van der Waals surface area contributed by atoms with Gasteiger partial charge < -0.3 is 15.0 Å².